The second kappa shape index (κ2) is 34.7. The molecule has 27 rings (SSSR count). The maximum absolute atomic E-state index is 8.49. The SMILES string of the molecule is [2H]c1c([2H])c([2H])c(-c2cccc(-n3c4ccccc4c4nc5cc(-c6cc7ccccc7c7ccccc67)ccc5nc43)n2)c([2H])c1[2H].c1ccc(-c2ccc(-c3cc(-c4ccccc4)cc(-c4ccc5c(c4)c4nc6ccccc6nc4n5-c4ccccc4)c3)cc2)cc1.c1ccc(-c2cccc(-c3cc(-c4ccccc4)cc(-c4ccc5c(c4)c4nc6ccccc6nc4n5-c4ccccc4)c3)c2)cc1. The minimum absolute atomic E-state index is 0.0499. The molecule has 0 saturated carbocycles. The average Bonchev–Trinajstić information content (AvgIpc) is 1.58. The first-order valence-electron chi connectivity index (χ1n) is 48.4. The van der Waals surface area contributed by atoms with E-state index in [0.29, 0.717) is 17.0 Å². The van der Waals surface area contributed by atoms with Crippen molar-refractivity contribution in [1.29, 1.82) is 0 Å². The van der Waals surface area contributed by atoms with E-state index in [1.54, 1.807) is 12.1 Å². The predicted molar refractivity (Wildman–Crippen MR) is 569 cm³/mol. The zero-order valence-corrected chi connectivity index (χ0v) is 73.9. The fraction of sp³-hybridized carbons (Fsp3) is 0. The van der Waals surface area contributed by atoms with Crippen LogP contribution in [-0.2, 0) is 0 Å². The summed E-state index contributed by atoms with van der Waals surface area (Å²) >= 11 is 0. The maximum Gasteiger partial charge on any atom is 0.166 e. The van der Waals surface area contributed by atoms with Gasteiger partial charge in [-0.3, -0.25) is 13.7 Å². The molecule has 0 aliphatic rings. The summed E-state index contributed by atoms with van der Waals surface area (Å²) in [7, 11) is 0. The van der Waals surface area contributed by atoms with Gasteiger partial charge in [0.1, 0.15) is 22.4 Å². The summed E-state index contributed by atoms with van der Waals surface area (Å²) in [5, 5.41) is 7.83. The second-order valence-corrected chi connectivity index (χ2v) is 34.3. The zero-order chi connectivity index (χ0) is 95.0. The summed E-state index contributed by atoms with van der Waals surface area (Å²) in [6, 6.07) is 161. The fourth-order valence-corrected chi connectivity index (χ4v) is 19.4. The van der Waals surface area contributed by atoms with Gasteiger partial charge in [-0.1, -0.05) is 346 Å². The van der Waals surface area contributed by atoms with E-state index in [1.807, 2.05) is 102 Å². The van der Waals surface area contributed by atoms with E-state index in [9.17, 15) is 0 Å². The molecule has 0 unspecified atom stereocenters. The Hall–Kier alpha value is -18.5. The van der Waals surface area contributed by atoms with Gasteiger partial charge in [0.2, 0.25) is 0 Å². The van der Waals surface area contributed by atoms with Gasteiger partial charge in [-0.2, -0.15) is 0 Å². The highest BCUT2D eigenvalue weighted by Crippen LogP contribution is 2.44. The predicted octanol–water partition coefficient (Wildman–Crippen LogP) is 32.6. The van der Waals surface area contributed by atoms with Crippen LogP contribution >= 0.6 is 0 Å². The number of rotatable bonds is 13. The zero-order valence-electron chi connectivity index (χ0n) is 78.9. The monoisotopic (exact) mass is 1750 g/mol. The second-order valence-electron chi connectivity index (χ2n) is 34.3. The fourth-order valence-electron chi connectivity index (χ4n) is 19.4. The average molecular weight is 1750 g/mol. The number of nitrogens with zero attached hydrogens (tertiary/aromatic N) is 10. The molecule has 0 amide bonds. The molecule has 0 fully saturated rings. The van der Waals surface area contributed by atoms with E-state index in [2.05, 4.69) is 367 Å². The minimum Gasteiger partial charge on any atom is -0.293 e. The van der Waals surface area contributed by atoms with Crippen LogP contribution in [0.1, 0.15) is 6.85 Å². The number of pyridine rings is 1. The van der Waals surface area contributed by atoms with Gasteiger partial charge in [0.25, 0.3) is 0 Å². The van der Waals surface area contributed by atoms with E-state index in [0.717, 1.165) is 133 Å². The van der Waals surface area contributed by atoms with Crippen LogP contribution in [0.3, 0.4) is 0 Å². The van der Waals surface area contributed by atoms with E-state index in [1.165, 1.54) is 88.3 Å². The van der Waals surface area contributed by atoms with Crippen molar-refractivity contribution in [3.8, 4) is 129 Å². The van der Waals surface area contributed by atoms with Gasteiger partial charge in [-0.25, -0.2) is 34.9 Å². The molecule has 7 aromatic heterocycles. The van der Waals surface area contributed by atoms with Crippen LogP contribution in [0.15, 0.2) is 497 Å². The van der Waals surface area contributed by atoms with Gasteiger partial charge < -0.3 is 0 Å². The van der Waals surface area contributed by atoms with Crippen molar-refractivity contribution in [2.24, 2.45) is 0 Å². The Kier molecular flexibility index (Phi) is 19.0. The Balaban J connectivity index is 0.000000112. The maximum atomic E-state index is 8.49. The summed E-state index contributed by atoms with van der Waals surface area (Å²) in [6.07, 6.45) is 0. The van der Waals surface area contributed by atoms with Crippen molar-refractivity contribution >= 4 is 121 Å². The highest BCUT2D eigenvalue weighted by molar-refractivity contribution is 6.16. The van der Waals surface area contributed by atoms with Gasteiger partial charge in [-0.05, 0) is 273 Å². The Bertz CT molecular complexity index is 9630. The molecular formula is C127H82N10. The number of hydrogen-bond donors (Lipinski definition) is 0. The quantitative estimate of drug-likeness (QED) is 0.106. The Morgan fingerprint density at radius 1 is 0.175 bits per heavy atom. The molecule has 640 valence electrons. The molecule has 0 aliphatic heterocycles. The lowest BCUT2D eigenvalue weighted by Crippen LogP contribution is -2.00. The molecule has 27 aromatic rings. The van der Waals surface area contributed by atoms with Crippen molar-refractivity contribution in [2.75, 3.05) is 0 Å². The highest BCUT2D eigenvalue weighted by Gasteiger charge is 2.24. The summed E-state index contributed by atoms with van der Waals surface area (Å²) in [5.41, 5.74) is 36.4. The van der Waals surface area contributed by atoms with Crippen molar-refractivity contribution < 1.29 is 6.85 Å². The van der Waals surface area contributed by atoms with Gasteiger partial charge >= 0.3 is 0 Å². The summed E-state index contributed by atoms with van der Waals surface area (Å²) < 4.78 is 47.7. The summed E-state index contributed by atoms with van der Waals surface area (Å²) in [6.45, 7) is 0. The van der Waals surface area contributed by atoms with Gasteiger partial charge in [-0.15, -0.1) is 0 Å². The molecule has 10 nitrogen and oxygen atoms in total. The Morgan fingerprint density at radius 3 is 1.04 bits per heavy atom. The van der Waals surface area contributed by atoms with Gasteiger partial charge in [0, 0.05) is 33.1 Å². The number of para-hydroxylation sites is 7. The van der Waals surface area contributed by atoms with E-state index >= 15 is 0 Å². The summed E-state index contributed by atoms with van der Waals surface area (Å²) in [5.74, 6) is 0.499. The van der Waals surface area contributed by atoms with Crippen molar-refractivity contribution in [2.45, 2.75) is 0 Å². The number of benzene rings is 20. The smallest absolute Gasteiger partial charge is 0.166 e. The highest BCUT2D eigenvalue weighted by atomic mass is 15.1. The molecule has 0 bridgehead atoms. The molecule has 137 heavy (non-hydrogen) atoms. The van der Waals surface area contributed by atoms with E-state index < -0.39 is 18.1 Å². The molecule has 0 saturated heterocycles. The van der Waals surface area contributed by atoms with Crippen LogP contribution < -0.4 is 0 Å². The molecular weight excluding hydrogens is 1670 g/mol. The number of aromatic nitrogens is 10. The van der Waals surface area contributed by atoms with E-state index in [-0.39, 0.29) is 23.3 Å². The van der Waals surface area contributed by atoms with Crippen molar-refractivity contribution in [3.05, 3.63) is 497 Å². The molecule has 0 atom stereocenters. The third-order valence-corrected chi connectivity index (χ3v) is 26.0. The molecule has 20 aromatic carbocycles. The molecule has 0 N–H and O–H groups in total. The Labute approximate surface area is 797 Å². The van der Waals surface area contributed by atoms with Crippen molar-refractivity contribution in [1.82, 2.24) is 48.6 Å². The lowest BCUT2D eigenvalue weighted by molar-refractivity contribution is 1.06. The standard InChI is InChI=1S/2C44H29N3.C39H24N4/c1-4-13-30(14-5-1)32-17-12-18-33(25-32)36-26-35(31-15-6-2-7-16-31)27-37(28-36)34-23-24-42-39(29-34)43-44(47(42)38-19-8-3-9-20-38)46-41-22-11-10-21-40(41)45-43;1-4-12-30(13-5-1)32-20-22-33(23-21-32)36-26-35(31-14-6-2-7-15-31)27-37(28-36)34-24-25-42-39(29-34)43-44(47(42)38-16-8-3-9-17-38)46-41-19-11-10-18-40(41)45-43;1-2-11-25(12-3-1)33-18-10-20-37(40-33)43-36-19-9-8-17-31(36)38-39(43)42-34-22-21-27(24-35(34)41-38)32-23-26-13-4-5-14-28(26)29-15-6-7-16-30(29)32/h2*1-29H;1-24H/i;;1D,2D,3D,11D,12D. The molecule has 0 aliphatic carbocycles. The first kappa shape index (κ1) is 75.2. The first-order valence-corrected chi connectivity index (χ1v) is 45.9. The van der Waals surface area contributed by atoms with Crippen LogP contribution in [0, 0.1) is 0 Å². The Morgan fingerprint density at radius 2 is 0.511 bits per heavy atom. The van der Waals surface area contributed by atoms with Gasteiger partial charge in [0.05, 0.1) is 62.2 Å². The third-order valence-electron chi connectivity index (χ3n) is 26.0. The molecule has 10 heteroatoms. The van der Waals surface area contributed by atoms with Crippen LogP contribution in [0.5, 0.6) is 0 Å². The topological polar surface area (TPSA) is 105 Å². The van der Waals surface area contributed by atoms with E-state index in [4.69, 9.17) is 41.7 Å². The number of hydrogen-bond acceptors (Lipinski definition) is 7. The molecule has 7 heterocycles. The molecule has 0 spiro atoms. The summed E-state index contributed by atoms with van der Waals surface area (Å²) in [4.78, 5) is 35.7. The third kappa shape index (κ3) is 15.2. The van der Waals surface area contributed by atoms with Crippen LogP contribution in [0.25, 0.3) is 249 Å². The van der Waals surface area contributed by atoms with Crippen molar-refractivity contribution in [3.63, 3.8) is 0 Å². The number of fused-ring (bicyclic) bond motifs is 15. The van der Waals surface area contributed by atoms with Gasteiger partial charge in [0.15, 0.2) is 16.9 Å². The molecule has 0 radical (unpaired) electrons. The van der Waals surface area contributed by atoms with Crippen LogP contribution in [0.4, 0.5) is 0 Å². The van der Waals surface area contributed by atoms with Crippen LogP contribution in [0.2, 0.25) is 0 Å². The normalized spacial score (nSPS) is 12.0. The minimum atomic E-state index is -0.439. The largest absolute Gasteiger partial charge is 0.293 e. The lowest BCUT2D eigenvalue weighted by Gasteiger charge is -2.13. The lowest BCUT2D eigenvalue weighted by atomic mass is 9.92. The first-order chi connectivity index (χ1) is 69.9. The van der Waals surface area contributed by atoms with Crippen LogP contribution in [-0.4, -0.2) is 48.6 Å².